The zero-order chi connectivity index (χ0) is 14.8. The minimum absolute atomic E-state index is 0.398. The first-order valence-corrected chi connectivity index (χ1v) is 7.85. The van der Waals surface area contributed by atoms with E-state index in [4.69, 9.17) is 5.73 Å². The quantitative estimate of drug-likeness (QED) is 0.904. The summed E-state index contributed by atoms with van der Waals surface area (Å²) in [6, 6.07) is 4.17. The molecule has 0 radical (unpaired) electrons. The summed E-state index contributed by atoms with van der Waals surface area (Å²) in [5.41, 5.74) is 8.57. The summed E-state index contributed by atoms with van der Waals surface area (Å²) < 4.78 is 0.569. The molecule has 21 heavy (non-hydrogen) atoms. The van der Waals surface area contributed by atoms with Gasteiger partial charge < -0.3 is 10.6 Å². The molecule has 0 bridgehead atoms. The fourth-order valence-electron chi connectivity index (χ4n) is 2.62. The van der Waals surface area contributed by atoms with Gasteiger partial charge in [-0.15, -0.1) is 0 Å². The van der Waals surface area contributed by atoms with Crippen molar-refractivity contribution in [2.75, 3.05) is 25.9 Å². The lowest BCUT2D eigenvalue weighted by atomic mass is 9.93. The number of nitrogen functional groups attached to an aromatic ring is 1. The molecule has 0 aliphatic carbocycles. The van der Waals surface area contributed by atoms with Gasteiger partial charge in [0.25, 0.3) is 0 Å². The molecule has 1 aliphatic rings. The molecule has 0 aromatic carbocycles. The number of nitrogens with zero attached hydrogens (tertiary/aromatic N) is 4. The number of hydrogen-bond acceptors (Lipinski definition) is 5. The van der Waals surface area contributed by atoms with Crippen LogP contribution in [0.2, 0.25) is 0 Å². The van der Waals surface area contributed by atoms with Crippen molar-refractivity contribution in [2.45, 2.75) is 18.8 Å². The van der Waals surface area contributed by atoms with Crippen molar-refractivity contribution >= 4 is 21.7 Å². The van der Waals surface area contributed by atoms with Crippen LogP contribution in [0.5, 0.6) is 0 Å². The van der Waals surface area contributed by atoms with E-state index in [1.807, 2.05) is 6.20 Å². The van der Waals surface area contributed by atoms with E-state index >= 15 is 0 Å². The fraction of sp³-hybridized carbons (Fsp3) is 0.400. The van der Waals surface area contributed by atoms with Gasteiger partial charge in [-0.1, -0.05) is 0 Å². The highest BCUT2D eigenvalue weighted by Crippen LogP contribution is 2.27. The Bertz CT molecular complexity index is 620. The van der Waals surface area contributed by atoms with Crippen molar-refractivity contribution in [3.8, 4) is 11.3 Å². The highest BCUT2D eigenvalue weighted by atomic mass is 79.9. The van der Waals surface area contributed by atoms with Gasteiger partial charge in [0.05, 0.1) is 11.9 Å². The maximum absolute atomic E-state index is 5.66. The molecular weight excluding hydrogens is 330 g/mol. The molecule has 0 amide bonds. The molecule has 0 spiro atoms. The Morgan fingerprint density at radius 2 is 1.95 bits per heavy atom. The van der Waals surface area contributed by atoms with Gasteiger partial charge >= 0.3 is 0 Å². The van der Waals surface area contributed by atoms with E-state index in [9.17, 15) is 0 Å². The average Bonchev–Trinajstić information content (AvgIpc) is 2.51. The molecule has 3 heterocycles. The number of pyridine rings is 1. The summed E-state index contributed by atoms with van der Waals surface area (Å²) in [5.74, 6) is 0.967. The van der Waals surface area contributed by atoms with Crippen LogP contribution in [-0.2, 0) is 0 Å². The molecule has 110 valence electrons. The normalized spacial score (nSPS) is 17.0. The van der Waals surface area contributed by atoms with E-state index in [1.165, 1.54) is 18.5 Å². The molecule has 1 saturated heterocycles. The van der Waals surface area contributed by atoms with Crippen molar-refractivity contribution in [1.82, 2.24) is 19.9 Å². The lowest BCUT2D eigenvalue weighted by Gasteiger charge is -2.28. The van der Waals surface area contributed by atoms with E-state index in [0.29, 0.717) is 16.3 Å². The summed E-state index contributed by atoms with van der Waals surface area (Å²) in [6.45, 7) is 2.29. The zero-order valence-electron chi connectivity index (χ0n) is 12.0. The van der Waals surface area contributed by atoms with Crippen molar-refractivity contribution in [3.63, 3.8) is 0 Å². The van der Waals surface area contributed by atoms with E-state index in [1.54, 1.807) is 6.20 Å². The summed E-state index contributed by atoms with van der Waals surface area (Å²) in [7, 11) is 2.17. The maximum atomic E-state index is 5.66. The molecule has 5 nitrogen and oxygen atoms in total. The summed E-state index contributed by atoms with van der Waals surface area (Å²) in [5, 5.41) is 0. The van der Waals surface area contributed by atoms with Crippen molar-refractivity contribution in [2.24, 2.45) is 0 Å². The first-order chi connectivity index (χ1) is 10.1. The monoisotopic (exact) mass is 347 g/mol. The highest BCUT2D eigenvalue weighted by molar-refractivity contribution is 9.10. The van der Waals surface area contributed by atoms with Crippen LogP contribution in [-0.4, -0.2) is 40.0 Å². The number of piperidine rings is 1. The van der Waals surface area contributed by atoms with Gasteiger partial charge in [-0.3, -0.25) is 4.98 Å². The standard InChI is InChI=1S/C15H18BrN5/c1-21-6-4-10(5-7-21)12-3-2-11(8-18-12)13-9-19-15(17)14(16)20-13/h2-3,8-10H,4-7H2,1H3,(H2,17,19). The largest absolute Gasteiger partial charge is 0.381 e. The van der Waals surface area contributed by atoms with Gasteiger partial charge in [0.2, 0.25) is 0 Å². The molecule has 0 atom stereocenters. The second-order valence-electron chi connectivity index (χ2n) is 5.48. The molecule has 2 aromatic heterocycles. The first kappa shape index (κ1) is 14.4. The van der Waals surface area contributed by atoms with Crippen LogP contribution in [0, 0.1) is 0 Å². The minimum Gasteiger partial charge on any atom is -0.381 e. The van der Waals surface area contributed by atoms with Crippen LogP contribution in [0.15, 0.2) is 29.1 Å². The summed E-state index contributed by atoms with van der Waals surface area (Å²) in [6.07, 6.45) is 5.90. The number of anilines is 1. The smallest absolute Gasteiger partial charge is 0.156 e. The van der Waals surface area contributed by atoms with Gasteiger partial charge in [0.1, 0.15) is 4.60 Å². The summed E-state index contributed by atoms with van der Waals surface area (Å²) in [4.78, 5) is 15.5. The first-order valence-electron chi connectivity index (χ1n) is 7.06. The predicted molar refractivity (Wildman–Crippen MR) is 86.8 cm³/mol. The van der Waals surface area contributed by atoms with E-state index < -0.39 is 0 Å². The third-order valence-electron chi connectivity index (χ3n) is 3.97. The van der Waals surface area contributed by atoms with Gasteiger partial charge in [-0.05, 0) is 61.0 Å². The third-order valence-corrected chi connectivity index (χ3v) is 4.56. The van der Waals surface area contributed by atoms with Crippen LogP contribution in [0.4, 0.5) is 5.82 Å². The number of hydrogen-bond donors (Lipinski definition) is 1. The SMILES string of the molecule is CN1CCC(c2ccc(-c3cnc(N)c(Br)n3)cn2)CC1. The minimum atomic E-state index is 0.398. The molecule has 6 heteroatoms. The van der Waals surface area contributed by atoms with Gasteiger partial charge in [0.15, 0.2) is 5.82 Å². The van der Waals surface area contributed by atoms with Crippen LogP contribution in [0.1, 0.15) is 24.5 Å². The summed E-state index contributed by atoms with van der Waals surface area (Å²) >= 11 is 3.30. The second kappa shape index (κ2) is 6.07. The number of halogens is 1. The van der Waals surface area contributed by atoms with Crippen molar-refractivity contribution < 1.29 is 0 Å². The lowest BCUT2D eigenvalue weighted by molar-refractivity contribution is 0.253. The Balaban J connectivity index is 1.79. The predicted octanol–water partition coefficient (Wildman–Crippen LogP) is 2.69. The molecule has 3 rings (SSSR count). The fourth-order valence-corrected chi connectivity index (χ4v) is 2.91. The molecule has 1 fully saturated rings. The zero-order valence-corrected chi connectivity index (χ0v) is 13.5. The van der Waals surface area contributed by atoms with E-state index in [2.05, 4.69) is 55.0 Å². The van der Waals surface area contributed by atoms with E-state index in [0.717, 1.165) is 24.3 Å². The van der Waals surface area contributed by atoms with Crippen molar-refractivity contribution in [3.05, 3.63) is 34.8 Å². The van der Waals surface area contributed by atoms with Crippen LogP contribution in [0.25, 0.3) is 11.3 Å². The van der Waals surface area contributed by atoms with Gasteiger partial charge in [-0.2, -0.15) is 0 Å². The van der Waals surface area contributed by atoms with Crippen LogP contribution in [0.3, 0.4) is 0 Å². The van der Waals surface area contributed by atoms with Gasteiger partial charge in [0, 0.05) is 23.4 Å². The maximum Gasteiger partial charge on any atom is 0.156 e. The highest BCUT2D eigenvalue weighted by Gasteiger charge is 2.19. The van der Waals surface area contributed by atoms with Crippen LogP contribution >= 0.6 is 15.9 Å². The average molecular weight is 348 g/mol. The molecule has 2 aromatic rings. The Morgan fingerprint density at radius 1 is 1.19 bits per heavy atom. The third kappa shape index (κ3) is 3.22. The Hall–Kier alpha value is -1.53. The molecule has 2 N–H and O–H groups in total. The van der Waals surface area contributed by atoms with Crippen molar-refractivity contribution in [1.29, 1.82) is 0 Å². The van der Waals surface area contributed by atoms with E-state index in [-0.39, 0.29) is 0 Å². The number of nitrogens with two attached hydrogens (primary N) is 1. The van der Waals surface area contributed by atoms with Gasteiger partial charge in [-0.25, -0.2) is 9.97 Å². The number of aromatic nitrogens is 3. The van der Waals surface area contributed by atoms with Crippen LogP contribution < -0.4 is 5.73 Å². The second-order valence-corrected chi connectivity index (χ2v) is 6.23. The molecular formula is C15H18BrN5. The Labute approximate surface area is 132 Å². The Morgan fingerprint density at radius 3 is 2.57 bits per heavy atom. The molecule has 0 saturated carbocycles. The number of rotatable bonds is 2. The Kier molecular flexibility index (Phi) is 4.17. The lowest BCUT2D eigenvalue weighted by Crippen LogP contribution is -2.29. The molecule has 1 aliphatic heterocycles. The molecule has 0 unspecified atom stereocenters. The topological polar surface area (TPSA) is 67.9 Å². The number of likely N-dealkylation sites (tertiary alicyclic amines) is 1.